The standard InChI is InChI=1S/C11H9BrF3NO3/c1-6-4-7(12)2-3-8(6)16(5-9(17)18)10(19)11(13,14)15/h2-4H,5H2,1H3,(H,17,18). The highest BCUT2D eigenvalue weighted by atomic mass is 79.9. The van der Waals surface area contributed by atoms with Crippen LogP contribution in [0.4, 0.5) is 18.9 Å². The second-order valence-corrected chi connectivity index (χ2v) is 4.63. The van der Waals surface area contributed by atoms with Gasteiger partial charge >= 0.3 is 18.1 Å². The number of alkyl halides is 3. The van der Waals surface area contributed by atoms with E-state index in [2.05, 4.69) is 15.9 Å². The largest absolute Gasteiger partial charge is 0.480 e. The van der Waals surface area contributed by atoms with Crippen molar-refractivity contribution in [2.24, 2.45) is 0 Å². The van der Waals surface area contributed by atoms with E-state index in [1.807, 2.05) is 0 Å². The molecule has 1 rings (SSSR count). The maximum absolute atomic E-state index is 12.5. The molecule has 0 aliphatic rings. The van der Waals surface area contributed by atoms with E-state index in [0.717, 1.165) is 0 Å². The Morgan fingerprint density at radius 3 is 2.37 bits per heavy atom. The molecular weight excluding hydrogens is 331 g/mol. The monoisotopic (exact) mass is 339 g/mol. The lowest BCUT2D eigenvalue weighted by Gasteiger charge is -2.23. The van der Waals surface area contributed by atoms with Gasteiger partial charge in [-0.05, 0) is 30.7 Å². The van der Waals surface area contributed by atoms with E-state index in [4.69, 9.17) is 5.11 Å². The third kappa shape index (κ3) is 3.95. The van der Waals surface area contributed by atoms with Gasteiger partial charge in [0.15, 0.2) is 0 Å². The fourth-order valence-corrected chi connectivity index (χ4v) is 1.95. The number of aliphatic carboxylic acids is 1. The van der Waals surface area contributed by atoms with Crippen molar-refractivity contribution in [1.82, 2.24) is 0 Å². The Labute approximate surface area is 114 Å². The Morgan fingerprint density at radius 2 is 1.95 bits per heavy atom. The first-order valence-corrected chi connectivity index (χ1v) is 5.79. The van der Waals surface area contributed by atoms with Gasteiger partial charge in [0.05, 0.1) is 0 Å². The number of carbonyl (C=O) groups excluding carboxylic acids is 1. The summed E-state index contributed by atoms with van der Waals surface area (Å²) in [7, 11) is 0. The molecule has 0 fully saturated rings. The molecule has 0 saturated heterocycles. The molecule has 1 N–H and O–H groups in total. The average Bonchev–Trinajstić information content (AvgIpc) is 2.24. The summed E-state index contributed by atoms with van der Waals surface area (Å²) in [6.07, 6.45) is -5.13. The molecule has 0 aliphatic carbocycles. The number of hydrogen-bond acceptors (Lipinski definition) is 2. The molecule has 1 aromatic carbocycles. The van der Waals surface area contributed by atoms with Crippen molar-refractivity contribution in [3.05, 3.63) is 28.2 Å². The number of benzene rings is 1. The van der Waals surface area contributed by atoms with Gasteiger partial charge in [-0.1, -0.05) is 15.9 Å². The SMILES string of the molecule is Cc1cc(Br)ccc1N(CC(=O)O)C(=O)C(F)(F)F. The molecule has 19 heavy (non-hydrogen) atoms. The molecule has 0 atom stereocenters. The van der Waals surface area contributed by atoms with Gasteiger partial charge in [-0.3, -0.25) is 14.5 Å². The Bertz CT molecular complexity index is 516. The molecule has 104 valence electrons. The normalized spacial score (nSPS) is 11.2. The van der Waals surface area contributed by atoms with Crippen LogP contribution in [0.1, 0.15) is 5.56 Å². The molecule has 0 unspecified atom stereocenters. The summed E-state index contributed by atoms with van der Waals surface area (Å²) in [6, 6.07) is 4.18. The van der Waals surface area contributed by atoms with Crippen LogP contribution in [0.3, 0.4) is 0 Å². The van der Waals surface area contributed by atoms with Gasteiger partial charge in [-0.25, -0.2) is 0 Å². The van der Waals surface area contributed by atoms with Gasteiger partial charge in [0.2, 0.25) is 0 Å². The third-order valence-corrected chi connectivity index (χ3v) is 2.72. The Kier molecular flexibility index (Phi) is 4.56. The number of hydrogen-bond donors (Lipinski definition) is 1. The molecule has 1 amide bonds. The van der Waals surface area contributed by atoms with Gasteiger partial charge in [0, 0.05) is 10.2 Å². The van der Waals surface area contributed by atoms with Crippen molar-refractivity contribution in [3.63, 3.8) is 0 Å². The second-order valence-electron chi connectivity index (χ2n) is 3.71. The van der Waals surface area contributed by atoms with Crippen LogP contribution >= 0.6 is 15.9 Å². The van der Waals surface area contributed by atoms with Crippen molar-refractivity contribution in [2.75, 3.05) is 11.4 Å². The lowest BCUT2D eigenvalue weighted by atomic mass is 10.1. The zero-order valence-corrected chi connectivity index (χ0v) is 11.2. The summed E-state index contributed by atoms with van der Waals surface area (Å²) >= 11 is 3.13. The minimum atomic E-state index is -5.13. The van der Waals surface area contributed by atoms with Crippen LogP contribution in [0.5, 0.6) is 0 Å². The van der Waals surface area contributed by atoms with Crippen LogP contribution in [0.15, 0.2) is 22.7 Å². The van der Waals surface area contributed by atoms with E-state index in [-0.39, 0.29) is 10.6 Å². The summed E-state index contributed by atoms with van der Waals surface area (Å²) in [5.74, 6) is -3.74. The van der Waals surface area contributed by atoms with Crippen molar-refractivity contribution in [1.29, 1.82) is 0 Å². The van der Waals surface area contributed by atoms with Gasteiger partial charge in [0.25, 0.3) is 0 Å². The lowest BCUT2D eigenvalue weighted by molar-refractivity contribution is -0.170. The smallest absolute Gasteiger partial charge is 0.471 e. The van der Waals surface area contributed by atoms with Crippen LogP contribution in [0.25, 0.3) is 0 Å². The van der Waals surface area contributed by atoms with E-state index >= 15 is 0 Å². The quantitative estimate of drug-likeness (QED) is 0.921. The lowest BCUT2D eigenvalue weighted by Crippen LogP contribution is -2.44. The zero-order chi connectivity index (χ0) is 14.8. The highest BCUT2D eigenvalue weighted by Gasteiger charge is 2.43. The predicted molar refractivity (Wildman–Crippen MR) is 64.9 cm³/mol. The van der Waals surface area contributed by atoms with Gasteiger partial charge in [0.1, 0.15) is 6.54 Å². The number of carboxylic acids is 1. The highest BCUT2D eigenvalue weighted by Crippen LogP contribution is 2.28. The van der Waals surface area contributed by atoms with Crippen LogP contribution in [0, 0.1) is 6.92 Å². The van der Waals surface area contributed by atoms with E-state index in [9.17, 15) is 22.8 Å². The summed E-state index contributed by atoms with van der Waals surface area (Å²) in [5, 5.41) is 8.63. The first-order chi connectivity index (χ1) is 8.62. The summed E-state index contributed by atoms with van der Waals surface area (Å²) in [5.41, 5.74) is 0.265. The van der Waals surface area contributed by atoms with Crippen molar-refractivity contribution < 1.29 is 27.9 Å². The van der Waals surface area contributed by atoms with E-state index in [0.29, 0.717) is 10.0 Å². The maximum atomic E-state index is 12.5. The van der Waals surface area contributed by atoms with Gasteiger partial charge in [-0.2, -0.15) is 13.2 Å². The van der Waals surface area contributed by atoms with Crippen molar-refractivity contribution >= 4 is 33.5 Å². The molecule has 0 radical (unpaired) electrons. The summed E-state index contributed by atoms with van der Waals surface area (Å²) in [4.78, 5) is 22.1. The molecule has 0 heterocycles. The van der Waals surface area contributed by atoms with E-state index < -0.39 is 24.6 Å². The predicted octanol–water partition coefficient (Wildman–Crippen LogP) is 2.74. The minimum Gasteiger partial charge on any atom is -0.480 e. The van der Waals surface area contributed by atoms with Gasteiger partial charge < -0.3 is 5.11 Å². The molecule has 0 bridgehead atoms. The Hall–Kier alpha value is -1.57. The fourth-order valence-electron chi connectivity index (χ4n) is 1.48. The number of rotatable bonds is 3. The number of amides is 1. The Balaban J connectivity index is 3.24. The number of anilines is 1. The van der Waals surface area contributed by atoms with Crippen LogP contribution in [-0.2, 0) is 9.59 Å². The van der Waals surface area contributed by atoms with Crippen LogP contribution < -0.4 is 4.90 Å². The van der Waals surface area contributed by atoms with E-state index in [1.54, 1.807) is 0 Å². The topological polar surface area (TPSA) is 57.6 Å². The first kappa shape index (κ1) is 15.5. The Morgan fingerprint density at radius 1 is 1.37 bits per heavy atom. The molecule has 0 aliphatic heterocycles. The van der Waals surface area contributed by atoms with Gasteiger partial charge in [-0.15, -0.1) is 0 Å². The maximum Gasteiger partial charge on any atom is 0.471 e. The molecular formula is C11H9BrF3NO3. The molecule has 0 saturated carbocycles. The molecule has 8 heteroatoms. The summed E-state index contributed by atoms with van der Waals surface area (Å²) < 4.78 is 38.0. The second kappa shape index (κ2) is 5.60. The number of carboxylic acid groups (broad SMARTS) is 1. The molecule has 0 spiro atoms. The number of carbonyl (C=O) groups is 2. The number of aryl methyl sites for hydroxylation is 1. The highest BCUT2D eigenvalue weighted by molar-refractivity contribution is 9.10. The third-order valence-electron chi connectivity index (χ3n) is 2.23. The number of nitrogens with zero attached hydrogens (tertiary/aromatic N) is 1. The van der Waals surface area contributed by atoms with Crippen molar-refractivity contribution in [2.45, 2.75) is 13.1 Å². The minimum absolute atomic E-state index is 0.0899. The van der Waals surface area contributed by atoms with Crippen molar-refractivity contribution in [3.8, 4) is 0 Å². The molecule has 1 aromatic rings. The first-order valence-electron chi connectivity index (χ1n) is 4.99. The molecule has 4 nitrogen and oxygen atoms in total. The average molecular weight is 340 g/mol. The summed E-state index contributed by atoms with van der Waals surface area (Å²) in [6.45, 7) is 0.430. The zero-order valence-electron chi connectivity index (χ0n) is 9.66. The fraction of sp³-hybridized carbons (Fsp3) is 0.273. The molecule has 0 aromatic heterocycles. The van der Waals surface area contributed by atoms with E-state index in [1.165, 1.54) is 25.1 Å². The number of halogens is 4. The van der Waals surface area contributed by atoms with Crippen LogP contribution in [-0.4, -0.2) is 29.7 Å². The van der Waals surface area contributed by atoms with Crippen LogP contribution in [0.2, 0.25) is 0 Å².